The number of benzene rings is 1. The van der Waals surface area contributed by atoms with Crippen LogP contribution in [0.2, 0.25) is 5.02 Å². The fourth-order valence-electron chi connectivity index (χ4n) is 1.83. The Morgan fingerprint density at radius 1 is 1.26 bits per heavy atom. The Bertz CT molecular complexity index is 405. The fourth-order valence-corrected chi connectivity index (χ4v) is 2.10. The van der Waals surface area contributed by atoms with Crippen molar-refractivity contribution in [2.75, 3.05) is 6.61 Å². The van der Waals surface area contributed by atoms with Crippen LogP contribution in [0.25, 0.3) is 0 Å². The number of ether oxygens (including phenoxy) is 2. The summed E-state index contributed by atoms with van der Waals surface area (Å²) >= 11 is 6.24. The van der Waals surface area contributed by atoms with E-state index in [-0.39, 0.29) is 6.10 Å². The van der Waals surface area contributed by atoms with Gasteiger partial charge in [-0.2, -0.15) is 0 Å². The minimum atomic E-state index is -0.519. The molecular weight excluding hydrogens is 264 g/mol. The molecule has 0 aliphatic rings. The van der Waals surface area contributed by atoms with Crippen molar-refractivity contribution < 1.29 is 14.6 Å². The van der Waals surface area contributed by atoms with E-state index in [2.05, 4.69) is 0 Å². The van der Waals surface area contributed by atoms with Crippen LogP contribution in [0.15, 0.2) is 12.1 Å². The smallest absolute Gasteiger partial charge is 0.180 e. The summed E-state index contributed by atoms with van der Waals surface area (Å²) in [5, 5.41) is 10.5. The van der Waals surface area contributed by atoms with E-state index in [1.165, 1.54) is 0 Å². The van der Waals surface area contributed by atoms with E-state index in [0.29, 0.717) is 29.5 Å². The van der Waals surface area contributed by atoms with Gasteiger partial charge in [-0.15, -0.1) is 0 Å². The van der Waals surface area contributed by atoms with Gasteiger partial charge in [-0.1, -0.05) is 24.9 Å². The first-order valence-corrected chi connectivity index (χ1v) is 7.18. The monoisotopic (exact) mass is 286 g/mol. The van der Waals surface area contributed by atoms with Crippen molar-refractivity contribution in [1.29, 1.82) is 0 Å². The predicted octanol–water partition coefficient (Wildman–Crippen LogP) is 4.36. The highest BCUT2D eigenvalue weighted by Gasteiger charge is 2.17. The van der Waals surface area contributed by atoms with Crippen molar-refractivity contribution in [3.8, 4) is 11.5 Å². The average Bonchev–Trinajstić information content (AvgIpc) is 2.33. The van der Waals surface area contributed by atoms with Gasteiger partial charge in [0.2, 0.25) is 0 Å². The minimum Gasteiger partial charge on any atom is -0.490 e. The molecular formula is C15H23ClO3. The molecule has 0 saturated heterocycles. The molecule has 0 aliphatic heterocycles. The normalized spacial score (nSPS) is 12.6. The molecule has 0 fully saturated rings. The van der Waals surface area contributed by atoms with Crippen LogP contribution in [-0.2, 0) is 0 Å². The molecule has 1 aromatic rings. The third-order valence-electron chi connectivity index (χ3n) is 2.63. The van der Waals surface area contributed by atoms with Crippen LogP contribution in [-0.4, -0.2) is 17.8 Å². The molecule has 19 heavy (non-hydrogen) atoms. The van der Waals surface area contributed by atoms with Crippen LogP contribution >= 0.6 is 11.6 Å². The van der Waals surface area contributed by atoms with Gasteiger partial charge in [0.1, 0.15) is 0 Å². The number of aliphatic hydroxyl groups is 1. The van der Waals surface area contributed by atoms with Crippen LogP contribution in [0.1, 0.15) is 52.2 Å². The summed E-state index contributed by atoms with van der Waals surface area (Å²) in [7, 11) is 0. The molecule has 0 radical (unpaired) electrons. The third kappa shape index (κ3) is 4.59. The largest absolute Gasteiger partial charge is 0.490 e. The standard InChI is InChI=1S/C15H23ClO3/c1-5-7-13(17)11-8-12(16)15(19-10(3)4)14(9-11)18-6-2/h8-10,13,17H,5-7H2,1-4H3. The molecule has 108 valence electrons. The zero-order valence-corrected chi connectivity index (χ0v) is 12.8. The molecule has 1 aromatic carbocycles. The first-order valence-electron chi connectivity index (χ1n) is 6.80. The summed E-state index contributed by atoms with van der Waals surface area (Å²) in [6, 6.07) is 3.57. The Kier molecular flexibility index (Phi) is 6.46. The number of hydrogen-bond acceptors (Lipinski definition) is 3. The van der Waals surface area contributed by atoms with Gasteiger partial charge in [0, 0.05) is 0 Å². The van der Waals surface area contributed by atoms with E-state index in [0.717, 1.165) is 12.0 Å². The molecule has 0 aliphatic carbocycles. The Balaban J connectivity index is 3.12. The van der Waals surface area contributed by atoms with Crippen molar-refractivity contribution in [1.82, 2.24) is 0 Å². The molecule has 1 rings (SSSR count). The van der Waals surface area contributed by atoms with Crippen molar-refractivity contribution >= 4 is 11.6 Å². The first kappa shape index (κ1) is 16.1. The second-order valence-corrected chi connectivity index (χ2v) is 5.14. The van der Waals surface area contributed by atoms with E-state index >= 15 is 0 Å². The minimum absolute atomic E-state index is 0.0168. The zero-order valence-electron chi connectivity index (χ0n) is 12.1. The average molecular weight is 287 g/mol. The molecule has 1 N–H and O–H groups in total. The van der Waals surface area contributed by atoms with Crippen LogP contribution in [0.5, 0.6) is 11.5 Å². The van der Waals surface area contributed by atoms with Crippen LogP contribution in [0, 0.1) is 0 Å². The lowest BCUT2D eigenvalue weighted by molar-refractivity contribution is 0.165. The summed E-state index contributed by atoms with van der Waals surface area (Å²) in [6.07, 6.45) is 1.11. The molecule has 0 amide bonds. The molecule has 0 aromatic heterocycles. The SMILES string of the molecule is CCCC(O)c1cc(Cl)c(OC(C)C)c(OCC)c1. The topological polar surface area (TPSA) is 38.7 Å². The summed E-state index contributed by atoms with van der Waals surface area (Å²) in [4.78, 5) is 0. The summed E-state index contributed by atoms with van der Waals surface area (Å²) in [6.45, 7) is 8.34. The van der Waals surface area contributed by atoms with E-state index in [1.807, 2.05) is 33.8 Å². The van der Waals surface area contributed by atoms with E-state index in [1.54, 1.807) is 6.07 Å². The van der Waals surface area contributed by atoms with E-state index < -0.39 is 6.10 Å². The maximum absolute atomic E-state index is 10.1. The second kappa shape index (κ2) is 7.61. The van der Waals surface area contributed by atoms with Crippen LogP contribution in [0.3, 0.4) is 0 Å². The van der Waals surface area contributed by atoms with Gasteiger partial charge in [0.25, 0.3) is 0 Å². The highest BCUT2D eigenvalue weighted by Crippen LogP contribution is 2.39. The fraction of sp³-hybridized carbons (Fsp3) is 0.600. The first-order chi connectivity index (χ1) is 8.99. The van der Waals surface area contributed by atoms with Crippen molar-refractivity contribution in [2.24, 2.45) is 0 Å². The highest BCUT2D eigenvalue weighted by molar-refractivity contribution is 6.32. The van der Waals surface area contributed by atoms with Gasteiger partial charge < -0.3 is 14.6 Å². The third-order valence-corrected chi connectivity index (χ3v) is 2.91. The van der Waals surface area contributed by atoms with Crippen molar-refractivity contribution in [3.63, 3.8) is 0 Å². The van der Waals surface area contributed by atoms with Gasteiger partial charge in [-0.05, 0) is 44.9 Å². The highest BCUT2D eigenvalue weighted by atomic mass is 35.5. The Morgan fingerprint density at radius 3 is 2.47 bits per heavy atom. The number of aliphatic hydroxyl groups excluding tert-OH is 1. The molecule has 1 unspecified atom stereocenters. The Labute approximate surface area is 120 Å². The molecule has 0 spiro atoms. The van der Waals surface area contributed by atoms with Gasteiger partial charge >= 0.3 is 0 Å². The summed E-state index contributed by atoms with van der Waals surface area (Å²) in [5.74, 6) is 1.14. The second-order valence-electron chi connectivity index (χ2n) is 4.73. The maximum Gasteiger partial charge on any atom is 0.180 e. The molecule has 0 saturated carbocycles. The van der Waals surface area contributed by atoms with E-state index in [9.17, 15) is 5.11 Å². The Hall–Kier alpha value is -0.930. The lowest BCUT2D eigenvalue weighted by Crippen LogP contribution is -2.09. The van der Waals surface area contributed by atoms with Gasteiger partial charge in [0.05, 0.1) is 23.8 Å². The van der Waals surface area contributed by atoms with Gasteiger partial charge in [0.15, 0.2) is 11.5 Å². The molecule has 3 nitrogen and oxygen atoms in total. The van der Waals surface area contributed by atoms with Gasteiger partial charge in [-0.3, -0.25) is 0 Å². The lowest BCUT2D eigenvalue weighted by Gasteiger charge is -2.19. The maximum atomic E-state index is 10.1. The number of halogens is 1. The quantitative estimate of drug-likeness (QED) is 0.809. The number of rotatable bonds is 7. The molecule has 4 heteroatoms. The summed E-state index contributed by atoms with van der Waals surface area (Å²) < 4.78 is 11.3. The summed E-state index contributed by atoms with van der Waals surface area (Å²) in [5.41, 5.74) is 0.770. The lowest BCUT2D eigenvalue weighted by atomic mass is 10.0. The predicted molar refractivity (Wildman–Crippen MR) is 78.3 cm³/mol. The molecule has 0 bridgehead atoms. The van der Waals surface area contributed by atoms with Crippen molar-refractivity contribution in [2.45, 2.75) is 52.7 Å². The number of hydrogen-bond donors (Lipinski definition) is 1. The molecule has 0 heterocycles. The van der Waals surface area contributed by atoms with Crippen LogP contribution in [0.4, 0.5) is 0 Å². The zero-order chi connectivity index (χ0) is 14.4. The van der Waals surface area contributed by atoms with E-state index in [4.69, 9.17) is 21.1 Å². The Morgan fingerprint density at radius 2 is 1.95 bits per heavy atom. The van der Waals surface area contributed by atoms with Crippen molar-refractivity contribution in [3.05, 3.63) is 22.7 Å². The molecule has 1 atom stereocenters. The van der Waals surface area contributed by atoms with Gasteiger partial charge in [-0.25, -0.2) is 0 Å². The van der Waals surface area contributed by atoms with Crippen LogP contribution < -0.4 is 9.47 Å².